The fraction of sp³-hybridized carbons (Fsp3) is 0.300. The van der Waals surface area contributed by atoms with E-state index in [2.05, 4.69) is 29.6 Å². The Morgan fingerprint density at radius 3 is 2.23 bits per heavy atom. The molecule has 3 rings (SSSR count). The number of carboxylic acid groups (broad SMARTS) is 1. The zero-order valence-corrected chi connectivity index (χ0v) is 15.3. The number of thioether (sulfide) groups is 1. The Hall–Kier alpha value is -2.47. The minimum Gasteiger partial charge on any atom is -0.481 e. The molecule has 26 heavy (non-hydrogen) atoms. The van der Waals surface area contributed by atoms with Crippen molar-refractivity contribution in [3.63, 3.8) is 0 Å². The summed E-state index contributed by atoms with van der Waals surface area (Å²) in [4.78, 5) is 23.1. The Morgan fingerprint density at radius 1 is 1.12 bits per heavy atom. The van der Waals surface area contributed by atoms with E-state index in [0.29, 0.717) is 5.75 Å². The molecule has 2 aromatic rings. The van der Waals surface area contributed by atoms with Gasteiger partial charge < -0.3 is 15.2 Å². The number of hydrogen-bond donors (Lipinski definition) is 2. The van der Waals surface area contributed by atoms with Gasteiger partial charge in [0.25, 0.3) is 0 Å². The third kappa shape index (κ3) is 4.02. The molecule has 0 fully saturated rings. The van der Waals surface area contributed by atoms with Crippen molar-refractivity contribution in [3.05, 3.63) is 59.7 Å². The van der Waals surface area contributed by atoms with Crippen LogP contribution in [0.2, 0.25) is 0 Å². The highest BCUT2D eigenvalue weighted by molar-refractivity contribution is 7.98. The van der Waals surface area contributed by atoms with Crippen LogP contribution in [0, 0.1) is 0 Å². The number of rotatable bonds is 7. The summed E-state index contributed by atoms with van der Waals surface area (Å²) in [6.07, 6.45) is 1.17. The third-order valence-electron chi connectivity index (χ3n) is 4.45. The molecule has 2 aromatic carbocycles. The van der Waals surface area contributed by atoms with E-state index in [1.807, 2.05) is 30.5 Å². The van der Waals surface area contributed by atoms with Gasteiger partial charge >= 0.3 is 12.1 Å². The fourth-order valence-electron chi connectivity index (χ4n) is 3.37. The lowest BCUT2D eigenvalue weighted by molar-refractivity contribution is -0.137. The molecule has 0 bridgehead atoms. The van der Waals surface area contributed by atoms with E-state index in [4.69, 9.17) is 9.84 Å². The van der Waals surface area contributed by atoms with Gasteiger partial charge in [0.05, 0.1) is 12.5 Å². The molecule has 1 amide bonds. The summed E-state index contributed by atoms with van der Waals surface area (Å²) in [7, 11) is 0. The van der Waals surface area contributed by atoms with Crippen LogP contribution < -0.4 is 5.32 Å². The first-order valence-corrected chi connectivity index (χ1v) is 9.81. The Labute approximate surface area is 156 Å². The van der Waals surface area contributed by atoms with Crippen molar-refractivity contribution in [2.24, 2.45) is 0 Å². The molecular formula is C20H21NO4S. The lowest BCUT2D eigenvalue weighted by Crippen LogP contribution is -2.39. The highest BCUT2D eigenvalue weighted by Gasteiger charge is 2.29. The molecule has 136 valence electrons. The van der Waals surface area contributed by atoms with Crippen molar-refractivity contribution in [1.82, 2.24) is 5.32 Å². The molecular weight excluding hydrogens is 350 g/mol. The molecule has 0 aliphatic heterocycles. The van der Waals surface area contributed by atoms with Gasteiger partial charge in [-0.3, -0.25) is 4.79 Å². The zero-order chi connectivity index (χ0) is 18.5. The second-order valence-electron chi connectivity index (χ2n) is 6.22. The molecule has 0 unspecified atom stereocenters. The van der Waals surface area contributed by atoms with Crippen LogP contribution in [0.3, 0.4) is 0 Å². The molecule has 0 saturated carbocycles. The second-order valence-corrected chi connectivity index (χ2v) is 7.13. The predicted octanol–water partition coefficient (Wildman–Crippen LogP) is 3.73. The van der Waals surface area contributed by atoms with Gasteiger partial charge in [-0.15, -0.1) is 0 Å². The molecule has 1 aliphatic rings. The first-order chi connectivity index (χ1) is 12.6. The predicted molar refractivity (Wildman–Crippen MR) is 103 cm³/mol. The number of carbonyl (C=O) groups is 2. The van der Waals surface area contributed by atoms with Crippen molar-refractivity contribution in [2.75, 3.05) is 18.6 Å². The molecule has 2 N–H and O–H groups in total. The van der Waals surface area contributed by atoms with E-state index >= 15 is 0 Å². The minimum atomic E-state index is -0.942. The van der Waals surface area contributed by atoms with Crippen LogP contribution >= 0.6 is 11.8 Å². The van der Waals surface area contributed by atoms with E-state index < -0.39 is 18.1 Å². The Balaban J connectivity index is 1.68. The summed E-state index contributed by atoms with van der Waals surface area (Å²) in [5.41, 5.74) is 4.63. The Morgan fingerprint density at radius 2 is 1.69 bits per heavy atom. The fourth-order valence-corrected chi connectivity index (χ4v) is 3.97. The van der Waals surface area contributed by atoms with Gasteiger partial charge in [0.2, 0.25) is 0 Å². The van der Waals surface area contributed by atoms with Gasteiger partial charge in [-0.05, 0) is 28.5 Å². The summed E-state index contributed by atoms with van der Waals surface area (Å²) >= 11 is 1.48. The van der Waals surface area contributed by atoms with Crippen LogP contribution in [-0.2, 0) is 9.53 Å². The molecule has 5 nitrogen and oxygen atoms in total. The van der Waals surface area contributed by atoms with E-state index in [1.54, 1.807) is 0 Å². The van der Waals surface area contributed by atoms with Gasteiger partial charge in [-0.2, -0.15) is 11.8 Å². The van der Waals surface area contributed by atoms with Crippen LogP contribution in [0.5, 0.6) is 0 Å². The second kappa shape index (κ2) is 8.27. The summed E-state index contributed by atoms with van der Waals surface area (Å²) < 4.78 is 5.45. The molecule has 1 aliphatic carbocycles. The number of fused-ring (bicyclic) bond motifs is 3. The molecule has 0 heterocycles. The van der Waals surface area contributed by atoms with Crippen LogP contribution in [0.4, 0.5) is 4.79 Å². The van der Waals surface area contributed by atoms with Gasteiger partial charge in [0, 0.05) is 11.7 Å². The first-order valence-electron chi connectivity index (χ1n) is 8.42. The molecule has 6 heteroatoms. The van der Waals surface area contributed by atoms with E-state index in [0.717, 1.165) is 11.1 Å². The van der Waals surface area contributed by atoms with Crippen molar-refractivity contribution >= 4 is 23.8 Å². The van der Waals surface area contributed by atoms with Crippen LogP contribution in [-0.4, -0.2) is 41.8 Å². The number of carboxylic acids is 1. The first kappa shape index (κ1) is 18.3. The highest BCUT2D eigenvalue weighted by Crippen LogP contribution is 2.44. The zero-order valence-electron chi connectivity index (χ0n) is 14.5. The molecule has 0 spiro atoms. The SMILES string of the molecule is CSC[C@@H](CC(=O)O)NC(=O)OCC1c2ccccc2-c2ccccc21. The maximum Gasteiger partial charge on any atom is 0.407 e. The average Bonchev–Trinajstić information content (AvgIpc) is 2.94. The standard InChI is InChI=1S/C20H21NO4S/c1-26-12-13(10-19(22)23)21-20(24)25-11-18-16-8-4-2-6-14(16)15-7-3-5-9-17(15)18/h2-9,13,18H,10-12H2,1H3,(H,21,24)(H,22,23)/t13-/m1/s1. The van der Waals surface area contributed by atoms with Crippen LogP contribution in [0.1, 0.15) is 23.5 Å². The summed E-state index contributed by atoms with van der Waals surface area (Å²) in [5, 5.41) is 11.6. The van der Waals surface area contributed by atoms with E-state index in [-0.39, 0.29) is 18.9 Å². The van der Waals surface area contributed by atoms with Gasteiger partial charge in [0.1, 0.15) is 6.61 Å². The number of carbonyl (C=O) groups excluding carboxylic acids is 1. The van der Waals surface area contributed by atoms with Crippen molar-refractivity contribution in [1.29, 1.82) is 0 Å². The van der Waals surface area contributed by atoms with Gasteiger partial charge in [0.15, 0.2) is 0 Å². The van der Waals surface area contributed by atoms with Gasteiger partial charge in [-0.1, -0.05) is 48.5 Å². The molecule has 0 aromatic heterocycles. The number of ether oxygens (including phenoxy) is 1. The smallest absolute Gasteiger partial charge is 0.407 e. The van der Waals surface area contributed by atoms with Crippen molar-refractivity contribution < 1.29 is 19.4 Å². The van der Waals surface area contributed by atoms with Crippen molar-refractivity contribution in [2.45, 2.75) is 18.4 Å². The molecule has 0 radical (unpaired) electrons. The number of alkyl carbamates (subject to hydrolysis) is 1. The van der Waals surface area contributed by atoms with Crippen LogP contribution in [0.15, 0.2) is 48.5 Å². The number of hydrogen-bond acceptors (Lipinski definition) is 4. The third-order valence-corrected chi connectivity index (χ3v) is 5.19. The van der Waals surface area contributed by atoms with Crippen molar-refractivity contribution in [3.8, 4) is 11.1 Å². The summed E-state index contributed by atoms with van der Waals surface area (Å²) in [6.45, 7) is 0.221. The van der Waals surface area contributed by atoms with E-state index in [9.17, 15) is 9.59 Å². The Kier molecular flexibility index (Phi) is 5.83. The van der Waals surface area contributed by atoms with Crippen LogP contribution in [0.25, 0.3) is 11.1 Å². The maximum atomic E-state index is 12.2. The highest BCUT2D eigenvalue weighted by atomic mass is 32.2. The summed E-state index contributed by atoms with van der Waals surface area (Å²) in [6, 6.07) is 15.8. The lowest BCUT2D eigenvalue weighted by atomic mass is 9.98. The monoisotopic (exact) mass is 371 g/mol. The summed E-state index contributed by atoms with van der Waals surface area (Å²) in [5.74, 6) is -0.425. The normalized spacial score (nSPS) is 13.6. The van der Waals surface area contributed by atoms with E-state index in [1.165, 1.54) is 22.9 Å². The average molecular weight is 371 g/mol. The molecule has 0 saturated heterocycles. The maximum absolute atomic E-state index is 12.2. The quantitative estimate of drug-likeness (QED) is 0.776. The topological polar surface area (TPSA) is 75.6 Å². The number of aliphatic carboxylic acids is 1. The lowest BCUT2D eigenvalue weighted by Gasteiger charge is -2.18. The minimum absolute atomic E-state index is 0.00776. The largest absolute Gasteiger partial charge is 0.481 e. The van der Waals surface area contributed by atoms with Gasteiger partial charge in [-0.25, -0.2) is 4.79 Å². The Bertz CT molecular complexity index is 762. The number of amides is 1. The number of nitrogens with one attached hydrogen (secondary N) is 1. The number of benzene rings is 2. The molecule has 1 atom stereocenters.